The molecule has 5 heteroatoms. The molecule has 0 spiro atoms. The van der Waals surface area contributed by atoms with Gasteiger partial charge < -0.3 is 9.64 Å². The molecule has 4 aromatic carbocycles. The van der Waals surface area contributed by atoms with Crippen molar-refractivity contribution >= 4 is 35.1 Å². The van der Waals surface area contributed by atoms with Gasteiger partial charge in [-0.05, 0) is 54.1 Å². The third-order valence-corrected chi connectivity index (χ3v) is 8.61. The Balaban J connectivity index is 1.55. The Morgan fingerprint density at radius 2 is 1.21 bits per heavy atom. The van der Waals surface area contributed by atoms with Gasteiger partial charge in [-0.25, -0.2) is 0 Å². The van der Waals surface area contributed by atoms with Gasteiger partial charge in [0.2, 0.25) is 5.91 Å². The molecular weight excluding hydrogens is 458 g/mol. The number of nitrogens with zero attached hydrogens (tertiary/aromatic N) is 1. The van der Waals surface area contributed by atoms with Crippen LogP contribution in [0.2, 0.25) is 0 Å². The van der Waals surface area contributed by atoms with Crippen molar-refractivity contribution in [1.82, 2.24) is 0 Å². The number of rotatable bonds is 8. The molecule has 1 aliphatic heterocycles. The average Bonchev–Trinajstić information content (AvgIpc) is 2.89. The lowest BCUT2D eigenvalue weighted by Crippen LogP contribution is -2.63. The fourth-order valence-electron chi connectivity index (χ4n) is 4.26. The summed E-state index contributed by atoms with van der Waals surface area (Å²) in [6, 6.07) is 38.8. The van der Waals surface area contributed by atoms with E-state index in [4.69, 9.17) is 4.74 Å². The number of β-lactam (4-membered cyclic amide) rings is 1. The molecule has 1 fully saturated rings. The van der Waals surface area contributed by atoms with E-state index in [0.29, 0.717) is 0 Å². The zero-order chi connectivity index (χ0) is 23.3. The Morgan fingerprint density at radius 3 is 1.71 bits per heavy atom. The summed E-state index contributed by atoms with van der Waals surface area (Å²) in [5.41, 5.74) is 1.96. The first-order valence-corrected chi connectivity index (χ1v) is 13.0. The molecule has 4 aromatic rings. The molecule has 0 aliphatic carbocycles. The van der Waals surface area contributed by atoms with Crippen LogP contribution in [0.15, 0.2) is 125 Å². The highest BCUT2D eigenvalue weighted by atomic mass is 32.2. The highest BCUT2D eigenvalue weighted by Gasteiger charge is 2.53. The quantitative estimate of drug-likeness (QED) is 0.152. The van der Waals surface area contributed by atoms with Gasteiger partial charge in [-0.15, -0.1) is 23.5 Å². The lowest BCUT2D eigenvalue weighted by Gasteiger charge is -2.50. The van der Waals surface area contributed by atoms with Gasteiger partial charge in [0.1, 0.15) is 5.75 Å². The number of carbonyl (C=O) groups is 1. The minimum atomic E-state index is -0.194. The van der Waals surface area contributed by atoms with E-state index in [2.05, 4.69) is 60.7 Å². The van der Waals surface area contributed by atoms with Crippen LogP contribution in [0.25, 0.3) is 0 Å². The van der Waals surface area contributed by atoms with E-state index < -0.39 is 0 Å². The monoisotopic (exact) mass is 483 g/mol. The summed E-state index contributed by atoms with van der Waals surface area (Å²) in [5.74, 6) is 0.719. The second kappa shape index (κ2) is 10.4. The third-order valence-electron chi connectivity index (χ3n) is 5.92. The Labute approximate surface area is 209 Å². The van der Waals surface area contributed by atoms with E-state index in [1.165, 1.54) is 9.79 Å². The fraction of sp³-hybridized carbons (Fsp3) is 0.138. The zero-order valence-corrected chi connectivity index (χ0v) is 20.4. The summed E-state index contributed by atoms with van der Waals surface area (Å²) in [6.45, 7) is 0. The van der Waals surface area contributed by atoms with Crippen LogP contribution in [0.3, 0.4) is 0 Å². The summed E-state index contributed by atoms with van der Waals surface area (Å²) in [5, 5.41) is 0. The number of carbonyl (C=O) groups excluding carboxylic acids is 1. The number of anilines is 1. The first-order valence-electron chi connectivity index (χ1n) is 11.2. The summed E-state index contributed by atoms with van der Waals surface area (Å²) in [4.78, 5) is 18.0. The molecule has 0 radical (unpaired) electrons. The van der Waals surface area contributed by atoms with Crippen LogP contribution in [0.4, 0.5) is 5.69 Å². The summed E-state index contributed by atoms with van der Waals surface area (Å²) >= 11 is 3.64. The predicted octanol–water partition coefficient (Wildman–Crippen LogP) is 7.10. The molecule has 34 heavy (non-hydrogen) atoms. The summed E-state index contributed by atoms with van der Waals surface area (Å²) in [7, 11) is 1.65. The molecule has 0 aromatic heterocycles. The van der Waals surface area contributed by atoms with Crippen LogP contribution in [-0.4, -0.2) is 23.6 Å². The number of thioether (sulfide) groups is 2. The average molecular weight is 484 g/mol. The van der Waals surface area contributed by atoms with Crippen molar-refractivity contribution in [2.75, 3.05) is 12.0 Å². The first kappa shape index (κ1) is 22.6. The topological polar surface area (TPSA) is 29.5 Å². The molecule has 0 saturated carbocycles. The number of hydrogen-bond donors (Lipinski definition) is 0. The van der Waals surface area contributed by atoms with Crippen molar-refractivity contribution in [2.24, 2.45) is 0 Å². The Bertz CT molecular complexity index is 1180. The molecule has 1 amide bonds. The van der Waals surface area contributed by atoms with Gasteiger partial charge in [0.15, 0.2) is 0 Å². The van der Waals surface area contributed by atoms with E-state index in [-0.39, 0.29) is 22.4 Å². The molecule has 1 heterocycles. The number of amides is 1. The SMILES string of the molecule is COc1ccc(N2C(=O)[C@@H](c3ccccc3)[C@@H]2C(Sc2ccccc2)Sc2ccccc2)cc1. The molecule has 0 N–H and O–H groups in total. The fourth-order valence-corrected chi connectivity index (χ4v) is 7.12. The molecule has 3 nitrogen and oxygen atoms in total. The lowest BCUT2D eigenvalue weighted by atomic mass is 9.82. The van der Waals surface area contributed by atoms with Crippen LogP contribution in [0.5, 0.6) is 5.75 Å². The normalized spacial score (nSPS) is 17.5. The van der Waals surface area contributed by atoms with Crippen molar-refractivity contribution in [2.45, 2.75) is 26.3 Å². The van der Waals surface area contributed by atoms with Gasteiger partial charge in [0, 0.05) is 15.5 Å². The first-order chi connectivity index (χ1) is 16.7. The third kappa shape index (κ3) is 4.72. The van der Waals surface area contributed by atoms with Gasteiger partial charge in [0.05, 0.1) is 23.7 Å². The van der Waals surface area contributed by atoms with Gasteiger partial charge in [-0.1, -0.05) is 66.7 Å². The standard InChI is InChI=1S/C29H25NO2S2/c1-32-23-19-17-22(18-20-23)30-27(26(28(30)31)21-11-5-2-6-12-21)29(33-24-13-7-3-8-14-24)34-25-15-9-4-10-16-25/h2-20,26-27,29H,1H3/t26-,27+/m0/s1. The van der Waals surface area contributed by atoms with Crippen molar-refractivity contribution in [3.05, 3.63) is 121 Å². The van der Waals surface area contributed by atoms with E-state index in [9.17, 15) is 4.79 Å². The van der Waals surface area contributed by atoms with Crippen LogP contribution >= 0.6 is 23.5 Å². The number of benzene rings is 4. The minimum absolute atomic E-state index is 0.0151. The van der Waals surface area contributed by atoms with Crippen LogP contribution in [0.1, 0.15) is 11.5 Å². The molecular formula is C29H25NO2S2. The van der Waals surface area contributed by atoms with Gasteiger partial charge in [0.25, 0.3) is 0 Å². The number of ether oxygens (including phenoxy) is 1. The highest BCUT2D eigenvalue weighted by Crippen LogP contribution is 2.50. The Hall–Kier alpha value is -3.15. The van der Waals surface area contributed by atoms with Crippen LogP contribution in [-0.2, 0) is 4.79 Å². The highest BCUT2D eigenvalue weighted by molar-refractivity contribution is 8.17. The van der Waals surface area contributed by atoms with Gasteiger partial charge >= 0.3 is 0 Å². The molecule has 5 rings (SSSR count). The maximum Gasteiger partial charge on any atom is 0.237 e. The zero-order valence-electron chi connectivity index (χ0n) is 18.8. The maximum atomic E-state index is 13.6. The largest absolute Gasteiger partial charge is 0.497 e. The maximum absolute atomic E-state index is 13.6. The lowest BCUT2D eigenvalue weighted by molar-refractivity contribution is -0.126. The van der Waals surface area contributed by atoms with Crippen molar-refractivity contribution < 1.29 is 9.53 Å². The number of hydrogen-bond acceptors (Lipinski definition) is 4. The van der Waals surface area contributed by atoms with Crippen molar-refractivity contribution in [1.29, 1.82) is 0 Å². The molecule has 170 valence electrons. The van der Waals surface area contributed by atoms with Gasteiger partial charge in [-0.3, -0.25) is 4.79 Å². The second-order valence-electron chi connectivity index (χ2n) is 8.02. The van der Waals surface area contributed by atoms with E-state index in [1.807, 2.05) is 83.0 Å². The minimum Gasteiger partial charge on any atom is -0.497 e. The summed E-state index contributed by atoms with van der Waals surface area (Å²) < 4.78 is 5.43. The van der Waals surface area contributed by atoms with Crippen molar-refractivity contribution in [3.8, 4) is 5.75 Å². The van der Waals surface area contributed by atoms with Gasteiger partial charge in [-0.2, -0.15) is 0 Å². The Morgan fingerprint density at radius 1 is 0.706 bits per heavy atom. The van der Waals surface area contributed by atoms with Crippen molar-refractivity contribution in [3.63, 3.8) is 0 Å². The van der Waals surface area contributed by atoms with E-state index in [1.54, 1.807) is 7.11 Å². The van der Waals surface area contributed by atoms with E-state index >= 15 is 0 Å². The second-order valence-corrected chi connectivity index (χ2v) is 10.7. The smallest absolute Gasteiger partial charge is 0.237 e. The summed E-state index contributed by atoms with van der Waals surface area (Å²) in [6.07, 6.45) is 0. The Kier molecular flexibility index (Phi) is 6.93. The molecule has 1 aliphatic rings. The molecule has 2 atom stereocenters. The number of methoxy groups -OCH3 is 1. The molecule has 0 unspecified atom stereocenters. The molecule has 0 bridgehead atoms. The molecule has 1 saturated heterocycles. The van der Waals surface area contributed by atoms with E-state index in [0.717, 1.165) is 17.0 Å². The van der Waals surface area contributed by atoms with Crippen LogP contribution in [0, 0.1) is 0 Å². The van der Waals surface area contributed by atoms with Crippen LogP contribution < -0.4 is 9.64 Å². The predicted molar refractivity (Wildman–Crippen MR) is 142 cm³/mol.